The molecular formula is C56H41N3. The van der Waals surface area contributed by atoms with Crippen LogP contribution in [0.1, 0.15) is 20.7 Å². The normalized spacial score (nSPS) is 13.2. The lowest BCUT2D eigenvalue weighted by Gasteiger charge is -2.26. The van der Waals surface area contributed by atoms with Gasteiger partial charge >= 0.3 is 0 Å². The fourth-order valence-corrected chi connectivity index (χ4v) is 8.34. The predicted octanol–water partition coefficient (Wildman–Crippen LogP) is 15.3. The van der Waals surface area contributed by atoms with Gasteiger partial charge in [0.25, 0.3) is 0 Å². The highest BCUT2D eigenvalue weighted by Crippen LogP contribution is 2.40. The third-order valence-corrected chi connectivity index (χ3v) is 11.3. The highest BCUT2D eigenvalue weighted by atomic mass is 15.1. The molecule has 11 rings (SSSR count). The van der Waals surface area contributed by atoms with Crippen molar-refractivity contribution < 1.29 is 9.60 Å². The monoisotopic (exact) mass is 762 g/mol. The molecule has 59 heavy (non-hydrogen) atoms. The summed E-state index contributed by atoms with van der Waals surface area (Å²) in [6.45, 7) is 4.16. The molecule has 0 radical (unpaired) electrons. The van der Waals surface area contributed by atoms with Crippen LogP contribution in [0.3, 0.4) is 0 Å². The molecule has 0 saturated heterocycles. The van der Waals surface area contributed by atoms with Gasteiger partial charge in [-0.15, -0.1) is 0 Å². The molecule has 280 valence electrons. The Labute approximate surface area is 354 Å². The minimum Gasteiger partial charge on any atom is -0.311 e. The van der Waals surface area contributed by atoms with E-state index in [1.807, 2.05) is 72.8 Å². The van der Waals surface area contributed by atoms with E-state index in [2.05, 4.69) is 120 Å². The summed E-state index contributed by atoms with van der Waals surface area (Å²) in [7, 11) is 0. The van der Waals surface area contributed by atoms with Crippen molar-refractivity contribution in [1.29, 1.82) is 0 Å². The van der Waals surface area contributed by atoms with Gasteiger partial charge in [-0.25, -0.2) is 0 Å². The first-order valence-electron chi connectivity index (χ1n) is 23.3. The highest BCUT2D eigenvalue weighted by Gasteiger charge is 2.17. The van der Waals surface area contributed by atoms with Crippen LogP contribution in [-0.2, 0) is 0 Å². The molecule has 0 bridgehead atoms. The summed E-state index contributed by atoms with van der Waals surface area (Å²) in [6.07, 6.45) is 0. The number of hydrogen-bond donors (Lipinski definition) is 0. The number of para-hydroxylation sites is 3. The number of anilines is 3. The van der Waals surface area contributed by atoms with E-state index in [0.29, 0.717) is 11.3 Å². The summed E-state index contributed by atoms with van der Waals surface area (Å²) >= 11 is 0. The lowest BCUT2D eigenvalue weighted by molar-refractivity contribution is 1.18. The van der Waals surface area contributed by atoms with Crippen molar-refractivity contribution >= 4 is 60.7 Å². The molecule has 11 aromatic rings. The number of nitrogens with zero attached hydrogens (tertiary/aromatic N) is 3. The van der Waals surface area contributed by atoms with Crippen molar-refractivity contribution in [2.75, 3.05) is 4.90 Å². The molecule has 2 heterocycles. The zero-order valence-corrected chi connectivity index (χ0v) is 32.5. The van der Waals surface area contributed by atoms with E-state index in [1.54, 1.807) is 4.57 Å². The van der Waals surface area contributed by atoms with Gasteiger partial charge in [-0.3, -0.25) is 0 Å². The molecule has 0 spiro atoms. The predicted molar refractivity (Wildman–Crippen MR) is 250 cm³/mol. The Morgan fingerprint density at radius 1 is 0.373 bits per heavy atom. The number of benzene rings is 9. The van der Waals surface area contributed by atoms with Gasteiger partial charge in [-0.2, -0.15) is 0 Å². The van der Waals surface area contributed by atoms with Gasteiger partial charge in [0, 0.05) is 50.0 Å². The Kier molecular flexibility index (Phi) is 6.66. The molecule has 0 N–H and O–H groups in total. The fourth-order valence-electron chi connectivity index (χ4n) is 8.34. The quantitative estimate of drug-likeness (QED) is 0.158. The van der Waals surface area contributed by atoms with Crippen molar-refractivity contribution in [1.82, 2.24) is 9.13 Å². The van der Waals surface area contributed by atoms with Crippen LogP contribution in [0.15, 0.2) is 212 Å². The summed E-state index contributed by atoms with van der Waals surface area (Å²) in [5.41, 5.74) is 12.0. The van der Waals surface area contributed by atoms with E-state index in [9.17, 15) is 6.85 Å². The lowest BCUT2D eigenvalue weighted by atomic mass is 10.0. The Morgan fingerprint density at radius 3 is 1.59 bits per heavy atom. The van der Waals surface area contributed by atoms with Crippen molar-refractivity contribution in [3.63, 3.8) is 0 Å². The molecule has 9 aromatic carbocycles. The molecule has 0 aliphatic carbocycles. The summed E-state index contributed by atoms with van der Waals surface area (Å²) in [5.74, 6) is 0. The first-order valence-corrected chi connectivity index (χ1v) is 19.8. The van der Waals surface area contributed by atoms with Gasteiger partial charge in [0.2, 0.25) is 0 Å². The summed E-state index contributed by atoms with van der Waals surface area (Å²) in [4.78, 5) is 2.23. The van der Waals surface area contributed by atoms with Gasteiger partial charge < -0.3 is 14.0 Å². The SMILES string of the molecule is [2H]c1c([2H])c([2H])c2c(c1[2H])c1c([2H])c(-c3ccc4c(c3)c3ccccc3n4-c3ccccc3)c([2H])c([2H])c1n2-c1ccc(-c2ccc(N(c3ccc(C)cc3)c3ccc(C)cc3)cc2)cc1. The average molecular weight is 763 g/mol. The van der Waals surface area contributed by atoms with Crippen molar-refractivity contribution in [3.05, 3.63) is 223 Å². The number of hydrogen-bond acceptors (Lipinski definition) is 1. The molecule has 0 fully saturated rings. The minimum absolute atomic E-state index is 0.0760. The number of rotatable bonds is 7. The van der Waals surface area contributed by atoms with Crippen molar-refractivity contribution in [2.24, 2.45) is 0 Å². The van der Waals surface area contributed by atoms with E-state index < -0.39 is 12.1 Å². The van der Waals surface area contributed by atoms with Crippen LogP contribution in [0.25, 0.3) is 77.2 Å². The zero-order valence-electron chi connectivity index (χ0n) is 39.5. The Balaban J connectivity index is 1.05. The Morgan fingerprint density at radius 2 is 0.898 bits per heavy atom. The molecular weight excluding hydrogens is 715 g/mol. The molecule has 0 unspecified atom stereocenters. The topological polar surface area (TPSA) is 13.1 Å². The van der Waals surface area contributed by atoms with E-state index in [0.717, 1.165) is 55.7 Å². The summed E-state index contributed by atoms with van der Waals surface area (Å²) in [6, 6.07) is 55.1. The van der Waals surface area contributed by atoms with Crippen LogP contribution in [0.2, 0.25) is 0 Å². The van der Waals surface area contributed by atoms with E-state index >= 15 is 0 Å². The van der Waals surface area contributed by atoms with Gasteiger partial charge in [0.1, 0.15) is 0 Å². The molecule has 2 aromatic heterocycles. The Hall–Kier alpha value is -7.62. The van der Waals surface area contributed by atoms with Gasteiger partial charge in [0.15, 0.2) is 0 Å². The third kappa shape index (κ3) is 5.98. The molecule has 3 nitrogen and oxygen atoms in total. The molecule has 3 heteroatoms. The van der Waals surface area contributed by atoms with E-state index in [4.69, 9.17) is 2.74 Å². The van der Waals surface area contributed by atoms with Crippen LogP contribution < -0.4 is 4.90 Å². The van der Waals surface area contributed by atoms with E-state index in [-0.39, 0.29) is 57.6 Å². The summed E-state index contributed by atoms with van der Waals surface area (Å²) < 4.78 is 68.6. The van der Waals surface area contributed by atoms with Crippen LogP contribution in [0.5, 0.6) is 0 Å². The number of fused-ring (bicyclic) bond motifs is 6. The first-order chi connectivity index (χ1) is 32.0. The van der Waals surface area contributed by atoms with Crippen LogP contribution in [0.4, 0.5) is 17.1 Å². The van der Waals surface area contributed by atoms with Crippen molar-refractivity contribution in [3.8, 4) is 33.6 Å². The first kappa shape index (κ1) is 27.9. The van der Waals surface area contributed by atoms with E-state index in [1.165, 1.54) is 11.1 Å². The maximum atomic E-state index is 9.82. The maximum absolute atomic E-state index is 9.82. The van der Waals surface area contributed by atoms with Crippen LogP contribution in [0, 0.1) is 13.8 Å². The zero-order chi connectivity index (χ0) is 45.5. The second-order valence-electron chi connectivity index (χ2n) is 15.1. The second kappa shape index (κ2) is 14.1. The third-order valence-electron chi connectivity index (χ3n) is 11.3. The fraction of sp³-hybridized carbons (Fsp3) is 0.0357. The van der Waals surface area contributed by atoms with Gasteiger partial charge in [-0.1, -0.05) is 126 Å². The number of aromatic nitrogens is 2. The molecule has 0 amide bonds. The van der Waals surface area contributed by atoms with Crippen molar-refractivity contribution in [2.45, 2.75) is 13.8 Å². The molecule has 0 aliphatic rings. The Bertz CT molecular complexity index is 3660. The van der Waals surface area contributed by atoms with Gasteiger partial charge in [0.05, 0.1) is 31.7 Å². The molecule has 0 saturated carbocycles. The highest BCUT2D eigenvalue weighted by molar-refractivity contribution is 6.12. The molecule has 0 aliphatic heterocycles. The minimum atomic E-state index is -0.425. The second-order valence-corrected chi connectivity index (χ2v) is 15.1. The average Bonchev–Trinajstić information content (AvgIpc) is 3.88. The lowest BCUT2D eigenvalue weighted by Crippen LogP contribution is -2.09. The number of aryl methyl sites for hydroxylation is 2. The van der Waals surface area contributed by atoms with Crippen LogP contribution in [-0.4, -0.2) is 9.13 Å². The van der Waals surface area contributed by atoms with Crippen LogP contribution >= 0.6 is 0 Å². The largest absolute Gasteiger partial charge is 0.311 e. The maximum Gasteiger partial charge on any atom is 0.0645 e. The summed E-state index contributed by atoms with van der Waals surface area (Å²) in [5, 5.41) is 2.27. The smallest absolute Gasteiger partial charge is 0.0645 e. The molecule has 0 atom stereocenters. The van der Waals surface area contributed by atoms with Gasteiger partial charge in [-0.05, 0) is 133 Å². The standard InChI is InChI=1S/C56H41N3/c1-38-16-26-45(27-17-38)57(46-28-18-39(2)19-29-46)47-30-20-40(21-31-47)41-22-32-48(33-23-41)59-54-15-9-7-13-50(54)52-37-43(25-35-56(52)59)42-24-34-55-51(36-42)49-12-6-8-14-53(49)58(55)44-10-4-3-5-11-44/h3-37H,1-2H3/i7D,9D,13D,15D,25D,35D,37D.